The van der Waals surface area contributed by atoms with Gasteiger partial charge in [0, 0.05) is 36.1 Å². The maximum atomic E-state index is 5.96. The maximum absolute atomic E-state index is 5.96. The third-order valence-corrected chi connectivity index (χ3v) is 3.76. The Morgan fingerprint density at radius 1 is 1.50 bits per heavy atom. The molecule has 0 radical (unpaired) electrons. The highest BCUT2D eigenvalue weighted by Gasteiger charge is 2.12. The Morgan fingerprint density at radius 2 is 2.19 bits per heavy atom. The molecule has 0 bridgehead atoms. The van der Waals surface area contributed by atoms with E-state index in [4.69, 9.17) is 17.3 Å². The molecule has 0 aliphatic carbocycles. The molecule has 0 aliphatic rings. The molecule has 1 atom stereocenters. The molecule has 0 amide bonds. The topological polar surface area (TPSA) is 29.3 Å². The molecule has 1 aromatic carbocycles. The summed E-state index contributed by atoms with van der Waals surface area (Å²) in [4.78, 5) is 2.26. The van der Waals surface area contributed by atoms with E-state index < -0.39 is 0 Å². The monoisotopic (exact) mass is 258 g/mol. The minimum Gasteiger partial charge on any atom is -0.371 e. The van der Waals surface area contributed by atoms with Crippen LogP contribution in [0.3, 0.4) is 0 Å². The van der Waals surface area contributed by atoms with E-state index >= 15 is 0 Å². The molecule has 90 valence electrons. The minimum absolute atomic E-state index is 0.487. The van der Waals surface area contributed by atoms with Crippen LogP contribution in [0, 0.1) is 0 Å². The summed E-state index contributed by atoms with van der Waals surface area (Å²) in [5, 5.41) is 0.745. The Bertz CT molecular complexity index is 344. The lowest BCUT2D eigenvalue weighted by molar-refractivity contribution is 0.760. The fraction of sp³-hybridized carbons (Fsp3) is 0.500. The Kier molecular flexibility index (Phi) is 5.46. The van der Waals surface area contributed by atoms with Crippen molar-refractivity contribution in [3.63, 3.8) is 0 Å². The highest BCUT2D eigenvalue weighted by Crippen LogP contribution is 2.25. The number of hydrogen-bond donors (Lipinski definition) is 1. The van der Waals surface area contributed by atoms with E-state index in [-0.39, 0.29) is 0 Å². The summed E-state index contributed by atoms with van der Waals surface area (Å²) in [5.41, 5.74) is 8.02. The maximum Gasteiger partial charge on any atom is 0.0412 e. The highest BCUT2D eigenvalue weighted by molar-refractivity contribution is 7.98. The van der Waals surface area contributed by atoms with Gasteiger partial charge in [0.15, 0.2) is 0 Å². The third-order valence-electron chi connectivity index (χ3n) is 2.71. The van der Waals surface area contributed by atoms with Crippen LogP contribution < -0.4 is 10.6 Å². The molecule has 0 heterocycles. The number of nitrogens with two attached hydrogens (primary N) is 1. The normalized spacial score (nSPS) is 12.6. The van der Waals surface area contributed by atoms with Gasteiger partial charge in [-0.25, -0.2) is 0 Å². The molecule has 2 N–H and O–H groups in total. The molecule has 4 heteroatoms. The molecule has 0 saturated carbocycles. The predicted octanol–water partition coefficient (Wildman–Crippen LogP) is 2.99. The molecule has 0 aliphatic heterocycles. The zero-order valence-corrected chi connectivity index (χ0v) is 11.6. The third kappa shape index (κ3) is 3.30. The molecule has 2 nitrogen and oxygen atoms in total. The van der Waals surface area contributed by atoms with E-state index in [9.17, 15) is 0 Å². The van der Waals surface area contributed by atoms with Gasteiger partial charge in [-0.15, -0.1) is 0 Å². The van der Waals surface area contributed by atoms with Crippen LogP contribution in [0.2, 0.25) is 5.02 Å². The van der Waals surface area contributed by atoms with E-state index in [0.29, 0.717) is 12.6 Å². The van der Waals surface area contributed by atoms with E-state index in [1.54, 1.807) is 0 Å². The Hall–Kier alpha value is -0.380. The van der Waals surface area contributed by atoms with Gasteiger partial charge in [0.1, 0.15) is 0 Å². The first-order chi connectivity index (χ1) is 7.60. The molecule has 16 heavy (non-hydrogen) atoms. The summed E-state index contributed by atoms with van der Waals surface area (Å²) in [6.07, 6.45) is 2.12. The van der Waals surface area contributed by atoms with Crippen molar-refractivity contribution in [2.75, 3.05) is 24.0 Å². The fourth-order valence-electron chi connectivity index (χ4n) is 1.65. The number of thioether (sulfide) groups is 1. The van der Waals surface area contributed by atoms with Gasteiger partial charge in [-0.3, -0.25) is 0 Å². The van der Waals surface area contributed by atoms with Crippen LogP contribution in [-0.4, -0.2) is 25.1 Å². The number of halogens is 1. The summed E-state index contributed by atoms with van der Waals surface area (Å²) < 4.78 is 0. The van der Waals surface area contributed by atoms with Gasteiger partial charge in [-0.2, -0.15) is 11.8 Å². The second-order valence-electron chi connectivity index (χ2n) is 3.89. The molecule has 0 spiro atoms. The first-order valence-corrected chi connectivity index (χ1v) is 7.07. The average Bonchev–Trinajstić information content (AvgIpc) is 2.28. The summed E-state index contributed by atoms with van der Waals surface area (Å²) in [5.74, 6) is 1.10. The van der Waals surface area contributed by atoms with Crippen LogP contribution in [-0.2, 0) is 6.54 Å². The average molecular weight is 259 g/mol. The van der Waals surface area contributed by atoms with Crippen LogP contribution in [0.4, 0.5) is 5.69 Å². The van der Waals surface area contributed by atoms with Crippen molar-refractivity contribution >= 4 is 29.1 Å². The largest absolute Gasteiger partial charge is 0.371 e. The lowest BCUT2D eigenvalue weighted by Crippen LogP contribution is -2.31. The zero-order valence-electron chi connectivity index (χ0n) is 10.0. The van der Waals surface area contributed by atoms with Crippen molar-refractivity contribution in [1.82, 2.24) is 0 Å². The Morgan fingerprint density at radius 3 is 2.75 bits per heavy atom. The zero-order chi connectivity index (χ0) is 12.1. The van der Waals surface area contributed by atoms with Gasteiger partial charge < -0.3 is 10.6 Å². The fourth-order valence-corrected chi connectivity index (χ4v) is 2.55. The van der Waals surface area contributed by atoms with Gasteiger partial charge in [-0.1, -0.05) is 11.6 Å². The number of hydrogen-bond acceptors (Lipinski definition) is 3. The van der Waals surface area contributed by atoms with Gasteiger partial charge >= 0.3 is 0 Å². The molecular formula is C12H19ClN2S. The number of anilines is 1. The van der Waals surface area contributed by atoms with Crippen LogP contribution >= 0.6 is 23.4 Å². The standard InChI is InChI=1S/C12H19ClN2S/c1-9(8-16-3)15(2)12-5-4-11(13)6-10(12)7-14/h4-6,9H,7-8,14H2,1-3H3. The van der Waals surface area contributed by atoms with Crippen LogP contribution in [0.5, 0.6) is 0 Å². The highest BCUT2D eigenvalue weighted by atomic mass is 35.5. The molecule has 0 saturated heterocycles. The Balaban J connectivity index is 2.93. The smallest absolute Gasteiger partial charge is 0.0412 e. The van der Waals surface area contributed by atoms with Gasteiger partial charge in [-0.05, 0) is 36.9 Å². The summed E-state index contributed by atoms with van der Waals surface area (Å²) in [7, 11) is 2.10. The second kappa shape index (κ2) is 6.38. The van der Waals surface area contributed by atoms with E-state index in [1.807, 2.05) is 30.0 Å². The molecule has 0 aromatic heterocycles. The molecular weight excluding hydrogens is 240 g/mol. The van der Waals surface area contributed by atoms with E-state index in [2.05, 4.69) is 25.1 Å². The first-order valence-electron chi connectivity index (χ1n) is 5.30. The predicted molar refractivity (Wildman–Crippen MR) is 75.6 cm³/mol. The number of rotatable bonds is 5. The molecule has 1 aromatic rings. The second-order valence-corrected chi connectivity index (χ2v) is 5.24. The summed E-state index contributed by atoms with van der Waals surface area (Å²) in [6, 6.07) is 6.39. The minimum atomic E-state index is 0.487. The number of benzene rings is 1. The summed E-state index contributed by atoms with van der Waals surface area (Å²) >= 11 is 7.81. The molecule has 1 unspecified atom stereocenters. The van der Waals surface area contributed by atoms with E-state index in [0.717, 1.165) is 16.3 Å². The van der Waals surface area contributed by atoms with Crippen molar-refractivity contribution in [3.8, 4) is 0 Å². The van der Waals surface area contributed by atoms with Crippen LogP contribution in [0.1, 0.15) is 12.5 Å². The summed E-state index contributed by atoms with van der Waals surface area (Å²) in [6.45, 7) is 2.73. The van der Waals surface area contributed by atoms with Gasteiger partial charge in [0.2, 0.25) is 0 Å². The van der Waals surface area contributed by atoms with Crippen molar-refractivity contribution in [2.45, 2.75) is 19.5 Å². The van der Waals surface area contributed by atoms with Crippen LogP contribution in [0.15, 0.2) is 18.2 Å². The van der Waals surface area contributed by atoms with Crippen molar-refractivity contribution in [1.29, 1.82) is 0 Å². The van der Waals surface area contributed by atoms with Crippen LogP contribution in [0.25, 0.3) is 0 Å². The molecule has 1 rings (SSSR count). The molecule has 0 fully saturated rings. The lowest BCUT2D eigenvalue weighted by atomic mass is 10.1. The van der Waals surface area contributed by atoms with Crippen molar-refractivity contribution in [3.05, 3.63) is 28.8 Å². The number of nitrogens with zero attached hydrogens (tertiary/aromatic N) is 1. The Labute approximate surface area is 107 Å². The SMILES string of the molecule is CSCC(C)N(C)c1ccc(Cl)cc1CN. The van der Waals surface area contributed by atoms with Gasteiger partial charge in [0.05, 0.1) is 0 Å². The van der Waals surface area contributed by atoms with Crippen molar-refractivity contribution < 1.29 is 0 Å². The lowest BCUT2D eigenvalue weighted by Gasteiger charge is -2.28. The van der Waals surface area contributed by atoms with Gasteiger partial charge in [0.25, 0.3) is 0 Å². The first kappa shape index (κ1) is 13.7. The van der Waals surface area contributed by atoms with Crippen molar-refractivity contribution in [2.24, 2.45) is 5.73 Å². The quantitative estimate of drug-likeness (QED) is 0.881. The van der Waals surface area contributed by atoms with E-state index in [1.165, 1.54) is 5.69 Å².